The maximum atomic E-state index is 3.45. The van der Waals surface area contributed by atoms with Crippen LogP contribution in [0.4, 0.5) is 0 Å². The molecule has 9 heavy (non-hydrogen) atoms. The Kier molecular flexibility index (Phi) is 5.86. The van der Waals surface area contributed by atoms with E-state index < -0.39 is 0 Å². The van der Waals surface area contributed by atoms with E-state index in [0.29, 0.717) is 0 Å². The largest absolute Gasteiger partial charge is 0.0906 e. The molecule has 0 aliphatic carbocycles. The first-order valence-electron chi connectivity index (χ1n) is 2.81. The first-order chi connectivity index (χ1) is 4.41. The summed E-state index contributed by atoms with van der Waals surface area (Å²) in [5.74, 6) is 5.47. The number of hydrogen-bond acceptors (Lipinski definition) is 0. The minimum absolute atomic E-state index is 1.57. The van der Waals surface area contributed by atoms with Gasteiger partial charge in [0.25, 0.3) is 0 Å². The summed E-state index contributed by atoms with van der Waals surface area (Å²) in [5, 5.41) is 0. The number of rotatable bonds is 1. The fourth-order valence-corrected chi connectivity index (χ4v) is 0.322. The number of allylic oxidation sites excluding steroid dienone is 5. The van der Waals surface area contributed by atoms with Gasteiger partial charge in [-0.1, -0.05) is 36.6 Å². The molecular weight excluding hydrogens is 108 g/mol. The molecule has 0 heteroatoms. The zero-order chi connectivity index (χ0) is 6.95. The van der Waals surface area contributed by atoms with Gasteiger partial charge in [0.1, 0.15) is 0 Å². The molecule has 0 aromatic rings. The van der Waals surface area contributed by atoms with Gasteiger partial charge < -0.3 is 0 Å². The molecule has 0 amide bonds. The highest BCUT2D eigenvalue weighted by Gasteiger charge is 1.55. The van der Waals surface area contributed by atoms with Crippen LogP contribution >= 0.6 is 0 Å². The van der Waals surface area contributed by atoms with E-state index in [1.807, 2.05) is 25.2 Å². The standard InChI is InChI=1S/C9H10/c1-3-5-7-9-8-6-4-2/h3-4,6,8-9H,1H2,2H3/b6-4+,9-8-. The first-order valence-corrected chi connectivity index (χ1v) is 2.81. The maximum Gasteiger partial charge on any atom is -0.0115 e. The van der Waals surface area contributed by atoms with Crippen LogP contribution in [0.3, 0.4) is 0 Å². The van der Waals surface area contributed by atoms with Gasteiger partial charge in [0, 0.05) is 0 Å². The molecular formula is C9H10. The van der Waals surface area contributed by atoms with E-state index in [1.165, 1.54) is 0 Å². The summed E-state index contributed by atoms with van der Waals surface area (Å²) in [4.78, 5) is 0. The molecule has 0 radical (unpaired) electrons. The van der Waals surface area contributed by atoms with Crippen molar-refractivity contribution in [1.29, 1.82) is 0 Å². The van der Waals surface area contributed by atoms with E-state index in [0.717, 1.165) is 0 Å². The Hall–Kier alpha value is -1.22. The third kappa shape index (κ3) is 6.78. The zero-order valence-corrected chi connectivity index (χ0v) is 5.59. The summed E-state index contributed by atoms with van der Waals surface area (Å²) in [7, 11) is 0. The fourth-order valence-electron chi connectivity index (χ4n) is 0.322. The molecule has 0 spiro atoms. The van der Waals surface area contributed by atoms with Crippen molar-refractivity contribution in [1.82, 2.24) is 0 Å². The van der Waals surface area contributed by atoms with Crippen LogP contribution in [0.15, 0.2) is 37.0 Å². The van der Waals surface area contributed by atoms with Crippen molar-refractivity contribution in [2.24, 2.45) is 0 Å². The lowest BCUT2D eigenvalue weighted by Gasteiger charge is -1.65. The van der Waals surface area contributed by atoms with Crippen LogP contribution in [-0.4, -0.2) is 0 Å². The van der Waals surface area contributed by atoms with Crippen molar-refractivity contribution in [2.75, 3.05) is 0 Å². The van der Waals surface area contributed by atoms with E-state index in [9.17, 15) is 0 Å². The van der Waals surface area contributed by atoms with E-state index in [2.05, 4.69) is 18.4 Å². The molecule has 0 bridgehead atoms. The summed E-state index contributed by atoms with van der Waals surface area (Å²) in [6, 6.07) is 0. The molecule has 0 aromatic carbocycles. The van der Waals surface area contributed by atoms with E-state index >= 15 is 0 Å². The average Bonchev–Trinajstić information content (AvgIpc) is 1.89. The third-order valence-corrected chi connectivity index (χ3v) is 0.669. The van der Waals surface area contributed by atoms with Crippen molar-refractivity contribution >= 4 is 0 Å². The van der Waals surface area contributed by atoms with Crippen LogP contribution in [-0.2, 0) is 0 Å². The van der Waals surface area contributed by atoms with Gasteiger partial charge in [0.2, 0.25) is 0 Å². The summed E-state index contributed by atoms with van der Waals surface area (Å²) in [5.41, 5.74) is 0. The predicted octanol–water partition coefficient (Wildman–Crippen LogP) is 2.31. The van der Waals surface area contributed by atoms with Gasteiger partial charge in [-0.2, -0.15) is 0 Å². The minimum atomic E-state index is 1.57. The van der Waals surface area contributed by atoms with Crippen LogP contribution < -0.4 is 0 Å². The van der Waals surface area contributed by atoms with Crippen molar-refractivity contribution in [3.63, 3.8) is 0 Å². The lowest BCUT2D eigenvalue weighted by Crippen LogP contribution is -1.48. The molecule has 0 unspecified atom stereocenters. The average molecular weight is 118 g/mol. The van der Waals surface area contributed by atoms with Crippen LogP contribution in [0, 0.1) is 11.8 Å². The second kappa shape index (κ2) is 6.78. The van der Waals surface area contributed by atoms with Crippen LogP contribution in [0.5, 0.6) is 0 Å². The molecule has 0 aromatic heterocycles. The van der Waals surface area contributed by atoms with Crippen molar-refractivity contribution in [3.8, 4) is 11.8 Å². The van der Waals surface area contributed by atoms with Gasteiger partial charge in [-0.3, -0.25) is 0 Å². The Bertz CT molecular complexity index is 172. The molecule has 0 aliphatic rings. The molecule has 0 heterocycles. The lowest BCUT2D eigenvalue weighted by molar-refractivity contribution is 1.74. The monoisotopic (exact) mass is 118 g/mol. The molecule has 0 rings (SSSR count). The molecule has 0 nitrogen and oxygen atoms in total. The van der Waals surface area contributed by atoms with Crippen LogP contribution in [0.2, 0.25) is 0 Å². The topological polar surface area (TPSA) is 0 Å². The van der Waals surface area contributed by atoms with E-state index in [4.69, 9.17) is 0 Å². The van der Waals surface area contributed by atoms with Gasteiger partial charge in [0.05, 0.1) is 0 Å². The molecule has 0 saturated carbocycles. The molecule has 0 atom stereocenters. The minimum Gasteiger partial charge on any atom is -0.0906 e. The summed E-state index contributed by atoms with van der Waals surface area (Å²) >= 11 is 0. The fraction of sp³-hybridized carbons (Fsp3) is 0.111. The zero-order valence-electron chi connectivity index (χ0n) is 5.59. The summed E-state index contributed by atoms with van der Waals surface area (Å²) in [6.45, 7) is 5.42. The maximum absolute atomic E-state index is 3.45. The molecule has 46 valence electrons. The third-order valence-electron chi connectivity index (χ3n) is 0.669. The van der Waals surface area contributed by atoms with E-state index in [-0.39, 0.29) is 0 Å². The highest BCUT2D eigenvalue weighted by Crippen LogP contribution is 1.73. The molecule has 0 aliphatic heterocycles. The molecule has 0 fully saturated rings. The Morgan fingerprint density at radius 3 is 2.56 bits per heavy atom. The second-order valence-electron chi connectivity index (χ2n) is 1.38. The van der Waals surface area contributed by atoms with Gasteiger partial charge >= 0.3 is 0 Å². The summed E-state index contributed by atoms with van der Waals surface area (Å²) < 4.78 is 0. The normalized spacial score (nSPS) is 9.44. The Morgan fingerprint density at radius 2 is 2.00 bits per heavy atom. The Morgan fingerprint density at radius 1 is 1.22 bits per heavy atom. The predicted molar refractivity (Wildman–Crippen MR) is 41.9 cm³/mol. The SMILES string of the molecule is C=CC#C/C=C\C=C\C. The Balaban J connectivity index is 3.59. The smallest absolute Gasteiger partial charge is 0.0115 e. The quantitative estimate of drug-likeness (QED) is 0.366. The van der Waals surface area contributed by atoms with Crippen LogP contribution in [0.25, 0.3) is 0 Å². The number of hydrogen-bond donors (Lipinski definition) is 0. The van der Waals surface area contributed by atoms with E-state index in [1.54, 1.807) is 12.2 Å². The summed E-state index contributed by atoms with van der Waals surface area (Å²) in [6.07, 6.45) is 9.11. The van der Waals surface area contributed by atoms with Gasteiger partial charge in [-0.05, 0) is 19.1 Å². The molecule has 0 N–H and O–H groups in total. The van der Waals surface area contributed by atoms with Crippen molar-refractivity contribution in [3.05, 3.63) is 37.0 Å². The Labute approximate surface area is 56.6 Å². The van der Waals surface area contributed by atoms with Gasteiger partial charge in [0.15, 0.2) is 0 Å². The molecule has 0 saturated heterocycles. The van der Waals surface area contributed by atoms with Crippen molar-refractivity contribution in [2.45, 2.75) is 6.92 Å². The van der Waals surface area contributed by atoms with Gasteiger partial charge in [-0.25, -0.2) is 0 Å². The highest BCUT2D eigenvalue weighted by molar-refractivity contribution is 5.24. The second-order valence-corrected chi connectivity index (χ2v) is 1.38. The van der Waals surface area contributed by atoms with Crippen LogP contribution in [0.1, 0.15) is 6.92 Å². The highest BCUT2D eigenvalue weighted by atomic mass is 13.6. The van der Waals surface area contributed by atoms with Gasteiger partial charge in [-0.15, -0.1) is 0 Å². The first kappa shape index (κ1) is 7.78. The lowest BCUT2D eigenvalue weighted by atomic mass is 10.4. The van der Waals surface area contributed by atoms with Crippen molar-refractivity contribution < 1.29 is 0 Å².